The quantitative estimate of drug-likeness (QED) is 0.735. The molecule has 0 aliphatic carbocycles. The topological polar surface area (TPSA) is 63.3 Å². The lowest BCUT2D eigenvalue weighted by Crippen LogP contribution is -1.94. The molecule has 0 aliphatic heterocycles. The van der Waals surface area contributed by atoms with E-state index < -0.39 is 5.97 Å². The molecule has 2 heterocycles. The highest BCUT2D eigenvalue weighted by Gasteiger charge is 2.04. The fourth-order valence-electron chi connectivity index (χ4n) is 1.70. The summed E-state index contributed by atoms with van der Waals surface area (Å²) in [4.78, 5) is 16.5. The maximum absolute atomic E-state index is 10.8. The highest BCUT2D eigenvalue weighted by Crippen LogP contribution is 2.27. The smallest absolute Gasteiger partial charge is 0.335 e. The number of benzene rings is 1. The van der Waals surface area contributed by atoms with Crippen molar-refractivity contribution in [2.24, 2.45) is 0 Å². The lowest BCUT2D eigenvalue weighted by Gasteiger charge is -1.93. The van der Waals surface area contributed by atoms with E-state index >= 15 is 0 Å². The summed E-state index contributed by atoms with van der Waals surface area (Å²) in [5.41, 5.74) is 1.03. The zero-order valence-electron chi connectivity index (χ0n) is 10.7. The van der Waals surface area contributed by atoms with E-state index in [2.05, 4.69) is 16.8 Å². The Balaban J connectivity index is 1.80. The summed E-state index contributed by atoms with van der Waals surface area (Å²) in [5.74, 6) is 5.84. The molecule has 5 heteroatoms. The molecular weight excluding hydrogens is 286 g/mol. The van der Waals surface area contributed by atoms with E-state index in [1.165, 1.54) is 17.7 Å². The average Bonchev–Trinajstić information content (AvgIpc) is 3.16. The van der Waals surface area contributed by atoms with Crippen LogP contribution in [-0.4, -0.2) is 16.1 Å². The van der Waals surface area contributed by atoms with E-state index in [9.17, 15) is 4.79 Å². The molecule has 0 amide bonds. The van der Waals surface area contributed by atoms with Crippen molar-refractivity contribution in [3.8, 4) is 22.5 Å². The van der Waals surface area contributed by atoms with Crippen LogP contribution in [0.1, 0.15) is 20.8 Å². The highest BCUT2D eigenvalue weighted by atomic mass is 32.1. The van der Waals surface area contributed by atoms with Gasteiger partial charge in [0.2, 0.25) is 0 Å². The number of carboxylic acids is 1. The monoisotopic (exact) mass is 295 g/mol. The first kappa shape index (κ1) is 13.2. The third-order valence-corrected chi connectivity index (χ3v) is 3.76. The minimum Gasteiger partial charge on any atom is -0.478 e. The molecule has 0 spiro atoms. The first-order valence-electron chi connectivity index (χ1n) is 6.06. The Morgan fingerprint density at radius 1 is 1.14 bits per heavy atom. The first-order valence-corrected chi connectivity index (χ1v) is 6.88. The number of carbonyl (C=O) groups is 1. The van der Waals surface area contributed by atoms with Gasteiger partial charge in [0.1, 0.15) is 0 Å². The second-order valence-electron chi connectivity index (χ2n) is 4.16. The van der Waals surface area contributed by atoms with Crippen LogP contribution in [0.3, 0.4) is 0 Å². The molecule has 3 aromatic rings. The summed E-state index contributed by atoms with van der Waals surface area (Å²) in [6.45, 7) is 0. The molecular formula is C16H9NO3S. The van der Waals surface area contributed by atoms with E-state index in [0.717, 1.165) is 21.1 Å². The molecule has 0 radical (unpaired) electrons. The number of thiophene rings is 1. The van der Waals surface area contributed by atoms with E-state index in [1.54, 1.807) is 30.5 Å². The minimum atomic E-state index is -0.940. The van der Waals surface area contributed by atoms with Crippen molar-refractivity contribution < 1.29 is 14.3 Å². The molecule has 0 saturated heterocycles. The van der Waals surface area contributed by atoms with Gasteiger partial charge in [0, 0.05) is 5.56 Å². The number of carboxylic acid groups (broad SMARTS) is 1. The number of hydrogen-bond acceptors (Lipinski definition) is 4. The number of aromatic carboxylic acids is 1. The van der Waals surface area contributed by atoms with Gasteiger partial charge >= 0.3 is 5.97 Å². The summed E-state index contributed by atoms with van der Waals surface area (Å²) in [6, 6.07) is 10.3. The van der Waals surface area contributed by atoms with Crippen molar-refractivity contribution in [1.29, 1.82) is 0 Å². The van der Waals surface area contributed by atoms with Gasteiger partial charge in [0.15, 0.2) is 12.2 Å². The Kier molecular flexibility index (Phi) is 3.54. The van der Waals surface area contributed by atoms with Gasteiger partial charge in [-0.1, -0.05) is 11.8 Å². The SMILES string of the molecule is O=C(O)c1ccc(C#Cc2ccc(-c3cnco3)s2)cc1. The number of rotatable bonds is 2. The molecule has 0 fully saturated rings. The molecule has 2 aromatic heterocycles. The van der Waals surface area contributed by atoms with Crippen LogP contribution < -0.4 is 0 Å². The lowest BCUT2D eigenvalue weighted by molar-refractivity contribution is 0.0697. The Morgan fingerprint density at radius 2 is 1.95 bits per heavy atom. The fraction of sp³-hybridized carbons (Fsp3) is 0. The molecule has 0 saturated carbocycles. The Hall–Kier alpha value is -2.84. The van der Waals surface area contributed by atoms with Crippen molar-refractivity contribution in [2.75, 3.05) is 0 Å². The van der Waals surface area contributed by atoms with Gasteiger partial charge in [-0.25, -0.2) is 9.78 Å². The van der Waals surface area contributed by atoms with Gasteiger partial charge in [-0.15, -0.1) is 11.3 Å². The molecule has 0 aliphatic rings. The zero-order chi connectivity index (χ0) is 14.7. The average molecular weight is 295 g/mol. The van der Waals surface area contributed by atoms with Crippen LogP contribution in [0.5, 0.6) is 0 Å². The summed E-state index contributed by atoms with van der Waals surface area (Å²) >= 11 is 1.52. The van der Waals surface area contributed by atoms with Crippen LogP contribution >= 0.6 is 11.3 Å². The number of oxazole rings is 1. The summed E-state index contributed by atoms with van der Waals surface area (Å²) in [6.07, 6.45) is 3.05. The molecule has 0 atom stereocenters. The molecule has 4 nitrogen and oxygen atoms in total. The maximum Gasteiger partial charge on any atom is 0.335 e. The van der Waals surface area contributed by atoms with Crippen LogP contribution in [0.15, 0.2) is 53.4 Å². The maximum atomic E-state index is 10.8. The molecule has 0 bridgehead atoms. The summed E-state index contributed by atoms with van der Waals surface area (Å²) in [5, 5.41) is 8.83. The van der Waals surface area contributed by atoms with Gasteiger partial charge in [0.05, 0.1) is 21.5 Å². The number of aromatic nitrogens is 1. The van der Waals surface area contributed by atoms with E-state index in [1.807, 2.05) is 12.1 Å². The third-order valence-electron chi connectivity index (χ3n) is 2.74. The van der Waals surface area contributed by atoms with Gasteiger partial charge in [-0.05, 0) is 36.4 Å². The summed E-state index contributed by atoms with van der Waals surface area (Å²) in [7, 11) is 0. The Bertz CT molecular complexity index is 821. The van der Waals surface area contributed by atoms with E-state index in [4.69, 9.17) is 9.52 Å². The largest absolute Gasteiger partial charge is 0.478 e. The Morgan fingerprint density at radius 3 is 2.62 bits per heavy atom. The van der Waals surface area contributed by atoms with Crippen molar-refractivity contribution in [1.82, 2.24) is 4.98 Å². The van der Waals surface area contributed by atoms with E-state index in [0.29, 0.717) is 0 Å². The molecule has 102 valence electrons. The van der Waals surface area contributed by atoms with Crippen molar-refractivity contribution in [3.63, 3.8) is 0 Å². The van der Waals surface area contributed by atoms with Crippen molar-refractivity contribution in [3.05, 3.63) is 65.0 Å². The zero-order valence-corrected chi connectivity index (χ0v) is 11.6. The Labute approximate surface area is 124 Å². The van der Waals surface area contributed by atoms with Gasteiger partial charge in [-0.3, -0.25) is 0 Å². The third kappa shape index (κ3) is 3.02. The first-order chi connectivity index (χ1) is 10.2. The second kappa shape index (κ2) is 5.65. The van der Waals surface area contributed by atoms with Crippen LogP contribution in [0.2, 0.25) is 0 Å². The number of hydrogen-bond donors (Lipinski definition) is 1. The van der Waals surface area contributed by atoms with E-state index in [-0.39, 0.29) is 5.56 Å². The standard InChI is InChI=1S/C16H9NO3S/c18-16(19)12-4-1-11(2-5-12)3-6-13-7-8-15(21-13)14-9-17-10-20-14/h1-2,4-5,7-10H,(H,18,19). The lowest BCUT2D eigenvalue weighted by atomic mass is 10.1. The van der Waals surface area contributed by atoms with Crippen molar-refractivity contribution in [2.45, 2.75) is 0 Å². The molecule has 21 heavy (non-hydrogen) atoms. The predicted octanol–water partition coefficient (Wildman–Crippen LogP) is 3.50. The molecule has 3 rings (SSSR count). The van der Waals surface area contributed by atoms with Gasteiger partial charge in [0.25, 0.3) is 0 Å². The van der Waals surface area contributed by atoms with Crippen LogP contribution in [-0.2, 0) is 0 Å². The molecule has 0 unspecified atom stereocenters. The molecule has 1 aromatic carbocycles. The normalized spacial score (nSPS) is 9.90. The number of nitrogens with zero attached hydrogens (tertiary/aromatic N) is 1. The second-order valence-corrected chi connectivity index (χ2v) is 5.25. The van der Waals surface area contributed by atoms with Crippen LogP contribution in [0.25, 0.3) is 10.6 Å². The van der Waals surface area contributed by atoms with Gasteiger partial charge in [-0.2, -0.15) is 0 Å². The van der Waals surface area contributed by atoms with Crippen LogP contribution in [0.4, 0.5) is 0 Å². The van der Waals surface area contributed by atoms with Gasteiger partial charge < -0.3 is 9.52 Å². The van der Waals surface area contributed by atoms with Crippen molar-refractivity contribution >= 4 is 17.3 Å². The highest BCUT2D eigenvalue weighted by molar-refractivity contribution is 7.15. The predicted molar refractivity (Wildman–Crippen MR) is 79.2 cm³/mol. The summed E-state index contributed by atoms with van der Waals surface area (Å²) < 4.78 is 5.23. The fourth-order valence-corrected chi connectivity index (χ4v) is 2.52. The van der Waals surface area contributed by atoms with Crippen LogP contribution in [0, 0.1) is 11.8 Å². The molecule has 1 N–H and O–H groups in total. The minimum absolute atomic E-state index is 0.254.